The number of aryl methyl sites for hydroxylation is 1. The predicted octanol–water partition coefficient (Wildman–Crippen LogP) is 5.49. The molecule has 0 aromatic heterocycles. The largest absolute Gasteiger partial charge is 0.378 e. The van der Waals surface area contributed by atoms with E-state index in [0.29, 0.717) is 4.47 Å². The SMILES string of the molecule is Cc1ccc(OS(=O)(=O)c2cc(Cl)c(Cl)cc2Cl)c(Br)c1. The fourth-order valence-corrected chi connectivity index (χ4v) is 4.14. The van der Waals surface area contributed by atoms with Crippen LogP contribution in [0.1, 0.15) is 5.56 Å². The van der Waals surface area contributed by atoms with E-state index >= 15 is 0 Å². The Kier molecular flexibility index (Phi) is 5.11. The van der Waals surface area contributed by atoms with Crippen molar-refractivity contribution in [2.24, 2.45) is 0 Å². The number of benzene rings is 2. The van der Waals surface area contributed by atoms with Crippen LogP contribution in [0.25, 0.3) is 0 Å². The van der Waals surface area contributed by atoms with Crippen molar-refractivity contribution < 1.29 is 12.6 Å². The third-order valence-electron chi connectivity index (χ3n) is 2.53. The van der Waals surface area contributed by atoms with E-state index in [9.17, 15) is 8.42 Å². The maximum atomic E-state index is 12.3. The molecule has 0 saturated heterocycles. The molecule has 0 fully saturated rings. The van der Waals surface area contributed by atoms with Gasteiger partial charge in [0.25, 0.3) is 0 Å². The first kappa shape index (κ1) is 16.9. The van der Waals surface area contributed by atoms with E-state index < -0.39 is 10.1 Å². The summed E-state index contributed by atoms with van der Waals surface area (Å²) in [6.45, 7) is 1.87. The minimum absolute atomic E-state index is 0.0624. The first-order valence-corrected chi connectivity index (χ1v) is 8.89. The fourth-order valence-electron chi connectivity index (χ4n) is 1.53. The monoisotopic (exact) mass is 428 g/mol. The Morgan fingerprint density at radius 1 is 1.00 bits per heavy atom. The van der Waals surface area contributed by atoms with Crippen molar-refractivity contribution in [1.82, 2.24) is 0 Å². The predicted molar refractivity (Wildman–Crippen MR) is 88.2 cm³/mol. The molecule has 3 nitrogen and oxygen atoms in total. The van der Waals surface area contributed by atoms with E-state index in [2.05, 4.69) is 15.9 Å². The summed E-state index contributed by atoms with van der Waals surface area (Å²) in [6.07, 6.45) is 0. The third-order valence-corrected chi connectivity index (χ3v) is 5.57. The van der Waals surface area contributed by atoms with Crippen LogP contribution in [0.3, 0.4) is 0 Å². The Balaban J connectivity index is 2.46. The van der Waals surface area contributed by atoms with Gasteiger partial charge in [-0.3, -0.25) is 0 Å². The van der Waals surface area contributed by atoms with Crippen molar-refractivity contribution in [2.45, 2.75) is 11.8 Å². The molecule has 0 bridgehead atoms. The lowest BCUT2D eigenvalue weighted by molar-refractivity contribution is 0.484. The number of hydrogen-bond acceptors (Lipinski definition) is 3. The molecular weight excluding hydrogens is 422 g/mol. The van der Waals surface area contributed by atoms with Gasteiger partial charge >= 0.3 is 10.1 Å². The van der Waals surface area contributed by atoms with Gasteiger partial charge in [-0.15, -0.1) is 0 Å². The van der Waals surface area contributed by atoms with Gasteiger partial charge in [0.1, 0.15) is 4.90 Å². The number of rotatable bonds is 3. The summed E-state index contributed by atoms with van der Waals surface area (Å²) in [5, 5.41) is 0.177. The Morgan fingerprint density at radius 2 is 1.62 bits per heavy atom. The van der Waals surface area contributed by atoms with Gasteiger partial charge in [-0.2, -0.15) is 8.42 Å². The lowest BCUT2D eigenvalue weighted by Crippen LogP contribution is -2.11. The van der Waals surface area contributed by atoms with E-state index in [4.69, 9.17) is 39.0 Å². The van der Waals surface area contributed by atoms with Crippen LogP contribution >= 0.6 is 50.7 Å². The zero-order valence-electron chi connectivity index (χ0n) is 10.5. The third kappa shape index (κ3) is 3.85. The molecule has 0 atom stereocenters. The Bertz CT molecular complexity index is 807. The summed E-state index contributed by atoms with van der Waals surface area (Å²) in [5.41, 5.74) is 0.958. The van der Waals surface area contributed by atoms with Crippen molar-refractivity contribution in [1.29, 1.82) is 0 Å². The van der Waals surface area contributed by atoms with Crippen LogP contribution in [0, 0.1) is 6.92 Å². The molecule has 0 aliphatic rings. The fraction of sp³-hybridized carbons (Fsp3) is 0.0769. The van der Waals surface area contributed by atoms with Gasteiger partial charge in [0.15, 0.2) is 5.75 Å². The van der Waals surface area contributed by atoms with Gasteiger partial charge in [-0.05, 0) is 52.7 Å². The summed E-state index contributed by atoms with van der Waals surface area (Å²) in [4.78, 5) is -0.244. The van der Waals surface area contributed by atoms with Crippen molar-refractivity contribution in [3.63, 3.8) is 0 Å². The molecule has 0 saturated carbocycles. The molecule has 2 aromatic carbocycles. The second kappa shape index (κ2) is 6.34. The standard InChI is InChI=1S/C13H8BrCl3O3S/c1-7-2-3-12(8(14)4-7)20-21(18,19)13-6-10(16)9(15)5-11(13)17/h2-6H,1H3. The number of halogens is 4. The smallest absolute Gasteiger partial charge is 0.340 e. The van der Waals surface area contributed by atoms with Gasteiger partial charge in [-0.25, -0.2) is 0 Å². The lowest BCUT2D eigenvalue weighted by atomic mass is 10.2. The molecule has 0 radical (unpaired) electrons. The quantitative estimate of drug-likeness (QED) is 0.478. The molecule has 21 heavy (non-hydrogen) atoms. The van der Waals surface area contributed by atoms with Gasteiger partial charge < -0.3 is 4.18 Å². The lowest BCUT2D eigenvalue weighted by Gasteiger charge is -2.11. The van der Waals surface area contributed by atoms with E-state index in [1.54, 1.807) is 18.2 Å². The molecule has 0 unspecified atom stereocenters. The summed E-state index contributed by atoms with van der Waals surface area (Å²) in [5.74, 6) is 0.155. The second-order valence-corrected chi connectivity index (χ2v) is 7.76. The van der Waals surface area contributed by atoms with Crippen molar-refractivity contribution in [3.8, 4) is 5.75 Å². The molecular formula is C13H8BrCl3O3S. The maximum absolute atomic E-state index is 12.3. The van der Waals surface area contributed by atoms with Crippen LogP contribution in [-0.4, -0.2) is 8.42 Å². The summed E-state index contributed by atoms with van der Waals surface area (Å²) < 4.78 is 30.2. The molecule has 0 amide bonds. The highest BCUT2D eigenvalue weighted by atomic mass is 79.9. The van der Waals surface area contributed by atoms with Crippen LogP contribution in [0.2, 0.25) is 15.1 Å². The molecule has 0 heterocycles. The molecule has 0 spiro atoms. The van der Waals surface area contributed by atoms with Crippen LogP contribution < -0.4 is 4.18 Å². The average Bonchev–Trinajstić information content (AvgIpc) is 2.37. The first-order chi connectivity index (χ1) is 9.70. The molecule has 112 valence electrons. The van der Waals surface area contributed by atoms with E-state index in [1.807, 2.05) is 6.92 Å². The van der Waals surface area contributed by atoms with Gasteiger partial charge in [-0.1, -0.05) is 40.9 Å². The van der Waals surface area contributed by atoms with E-state index in [1.165, 1.54) is 6.07 Å². The van der Waals surface area contributed by atoms with Crippen LogP contribution in [0.5, 0.6) is 5.75 Å². The second-order valence-electron chi connectivity index (χ2n) is 4.17. The molecule has 0 N–H and O–H groups in total. The number of hydrogen-bond donors (Lipinski definition) is 0. The average molecular weight is 431 g/mol. The highest BCUT2D eigenvalue weighted by molar-refractivity contribution is 9.10. The highest BCUT2D eigenvalue weighted by Gasteiger charge is 2.23. The first-order valence-electron chi connectivity index (χ1n) is 5.56. The van der Waals surface area contributed by atoms with Gasteiger partial charge in [0, 0.05) is 0 Å². The molecule has 2 rings (SSSR count). The molecule has 2 aromatic rings. The Hall–Kier alpha value is -0.460. The minimum atomic E-state index is -4.12. The maximum Gasteiger partial charge on any atom is 0.340 e. The molecule has 0 aliphatic heterocycles. The van der Waals surface area contributed by atoms with Gasteiger partial charge in [0.05, 0.1) is 19.5 Å². The minimum Gasteiger partial charge on any atom is -0.378 e. The normalized spacial score (nSPS) is 11.5. The zero-order chi connectivity index (χ0) is 15.8. The van der Waals surface area contributed by atoms with Crippen molar-refractivity contribution in [3.05, 3.63) is 55.4 Å². The summed E-state index contributed by atoms with van der Waals surface area (Å²) in [7, 11) is -4.12. The highest BCUT2D eigenvalue weighted by Crippen LogP contribution is 2.34. The van der Waals surface area contributed by atoms with Crippen LogP contribution in [-0.2, 0) is 10.1 Å². The molecule has 0 aliphatic carbocycles. The van der Waals surface area contributed by atoms with Crippen molar-refractivity contribution in [2.75, 3.05) is 0 Å². The van der Waals surface area contributed by atoms with Crippen LogP contribution in [0.15, 0.2) is 39.7 Å². The van der Waals surface area contributed by atoms with E-state index in [0.717, 1.165) is 11.6 Å². The Morgan fingerprint density at radius 3 is 2.24 bits per heavy atom. The van der Waals surface area contributed by atoms with Gasteiger partial charge in [0.2, 0.25) is 0 Å². The summed E-state index contributed by atoms with van der Waals surface area (Å²) >= 11 is 20.8. The van der Waals surface area contributed by atoms with E-state index in [-0.39, 0.29) is 25.7 Å². The zero-order valence-corrected chi connectivity index (χ0v) is 15.2. The Labute approximate surface area is 146 Å². The van der Waals surface area contributed by atoms with Crippen LogP contribution in [0.4, 0.5) is 0 Å². The summed E-state index contributed by atoms with van der Waals surface area (Å²) in [6, 6.07) is 7.42. The van der Waals surface area contributed by atoms with Crippen molar-refractivity contribution >= 4 is 60.9 Å². The topological polar surface area (TPSA) is 43.4 Å². The molecule has 8 heteroatoms.